The Bertz CT molecular complexity index is 1680. The highest BCUT2D eigenvalue weighted by Crippen LogP contribution is 2.39. The first-order chi connectivity index (χ1) is 21.3. The van der Waals surface area contributed by atoms with E-state index < -0.39 is 11.9 Å². The summed E-state index contributed by atoms with van der Waals surface area (Å²) in [6, 6.07) is 6.69. The van der Waals surface area contributed by atoms with E-state index in [0.29, 0.717) is 59.9 Å². The van der Waals surface area contributed by atoms with Crippen molar-refractivity contribution in [2.24, 2.45) is 11.5 Å². The minimum atomic E-state index is -0.503. The van der Waals surface area contributed by atoms with Gasteiger partial charge in [-0.2, -0.15) is 4.98 Å². The van der Waals surface area contributed by atoms with E-state index in [1.165, 1.54) is 0 Å². The number of imidazole rings is 1. The molecule has 44 heavy (non-hydrogen) atoms. The Labute approximate surface area is 253 Å². The van der Waals surface area contributed by atoms with E-state index in [0.717, 1.165) is 37.2 Å². The van der Waals surface area contributed by atoms with E-state index in [9.17, 15) is 9.59 Å². The molecule has 5 N–H and O–H groups in total. The zero-order valence-electron chi connectivity index (χ0n) is 24.9. The fourth-order valence-electron chi connectivity index (χ4n) is 6.08. The van der Waals surface area contributed by atoms with Gasteiger partial charge in [0.05, 0.1) is 44.9 Å². The Morgan fingerprint density at radius 1 is 0.977 bits per heavy atom. The van der Waals surface area contributed by atoms with E-state index in [-0.39, 0.29) is 11.9 Å². The molecule has 15 nitrogen and oxygen atoms in total. The highest BCUT2D eigenvalue weighted by atomic mass is 16.5. The van der Waals surface area contributed by atoms with Gasteiger partial charge in [0, 0.05) is 25.2 Å². The van der Waals surface area contributed by atoms with Crippen LogP contribution in [0.2, 0.25) is 0 Å². The smallest absolute Gasteiger partial charge is 0.246 e. The average Bonchev–Trinajstić information content (AvgIpc) is 3.83. The van der Waals surface area contributed by atoms with Crippen molar-refractivity contribution < 1.29 is 23.8 Å². The Hall–Kier alpha value is -5.05. The van der Waals surface area contributed by atoms with Crippen molar-refractivity contribution >= 4 is 34.9 Å². The van der Waals surface area contributed by atoms with E-state index >= 15 is 0 Å². The van der Waals surface area contributed by atoms with Crippen LogP contribution in [-0.4, -0.2) is 87.4 Å². The topological polar surface area (TPSA) is 180 Å². The summed E-state index contributed by atoms with van der Waals surface area (Å²) in [6.45, 7) is 1.84. The molecule has 6 rings (SSSR count). The number of benzene rings is 1. The van der Waals surface area contributed by atoms with Gasteiger partial charge in [0.25, 0.3) is 0 Å². The summed E-state index contributed by atoms with van der Waals surface area (Å²) < 4.78 is 20.1. The zero-order valence-corrected chi connectivity index (χ0v) is 24.9. The number of rotatable bonds is 11. The molecule has 232 valence electrons. The Morgan fingerprint density at radius 3 is 2.36 bits per heavy atom. The standard InChI is InChI=1S/C29H36N10O5/c1-42-22-12-18(13-23(43-2)25(22)44-3)37-15-24(32-16-37)33-28-21-9-8-17(14-36-10-4-6-19(36)26(30)40)39(21)35-29(34-28)38-11-5-7-20(38)27(31)41/h8-9,12-13,15-16,19-20H,4-7,10-11,14H2,1-3H3,(H2,30,40)(H2,31,41)(H,33,34,35)/t19-,20-/m0/s1. The number of nitrogens with one attached hydrogen (secondary N) is 1. The number of carbonyl (C=O) groups excluding carboxylic acids is 2. The predicted molar refractivity (Wildman–Crippen MR) is 162 cm³/mol. The van der Waals surface area contributed by atoms with Crippen LogP contribution in [0, 0.1) is 0 Å². The summed E-state index contributed by atoms with van der Waals surface area (Å²) in [6.07, 6.45) is 6.52. The lowest BCUT2D eigenvalue weighted by Crippen LogP contribution is -2.41. The second kappa shape index (κ2) is 11.9. The lowest BCUT2D eigenvalue weighted by molar-refractivity contribution is -0.122. The number of hydrogen-bond acceptors (Lipinski definition) is 11. The maximum Gasteiger partial charge on any atom is 0.246 e. The second-order valence-corrected chi connectivity index (χ2v) is 10.8. The number of primary amides is 2. The molecule has 4 aromatic rings. The van der Waals surface area contributed by atoms with Crippen molar-refractivity contribution in [1.29, 1.82) is 0 Å². The van der Waals surface area contributed by atoms with Crippen molar-refractivity contribution in [1.82, 2.24) is 29.0 Å². The first kappa shape index (κ1) is 29.0. The van der Waals surface area contributed by atoms with Crippen LogP contribution >= 0.6 is 0 Å². The molecule has 0 aliphatic carbocycles. The number of hydrogen-bond donors (Lipinski definition) is 3. The molecule has 2 atom stereocenters. The zero-order chi connectivity index (χ0) is 31.0. The normalized spacial score (nSPS) is 18.6. The molecule has 0 bridgehead atoms. The number of anilines is 3. The van der Waals surface area contributed by atoms with Crippen molar-refractivity contribution in [2.75, 3.05) is 44.6 Å². The largest absolute Gasteiger partial charge is 0.493 e. The molecular formula is C29H36N10O5. The van der Waals surface area contributed by atoms with Gasteiger partial charge in [-0.1, -0.05) is 0 Å². The summed E-state index contributed by atoms with van der Waals surface area (Å²) in [5.74, 6) is 2.16. The van der Waals surface area contributed by atoms with E-state index in [4.69, 9.17) is 35.8 Å². The van der Waals surface area contributed by atoms with E-state index in [2.05, 4.69) is 15.2 Å². The maximum absolute atomic E-state index is 12.3. The first-order valence-electron chi connectivity index (χ1n) is 14.4. The molecule has 2 aliphatic rings. The third-order valence-electron chi connectivity index (χ3n) is 8.25. The third kappa shape index (κ3) is 5.30. The van der Waals surface area contributed by atoms with Crippen LogP contribution in [0.4, 0.5) is 17.6 Å². The average molecular weight is 605 g/mol. The maximum atomic E-state index is 12.3. The summed E-state index contributed by atoms with van der Waals surface area (Å²) in [7, 11) is 4.68. The first-order valence-corrected chi connectivity index (χ1v) is 14.4. The van der Waals surface area contributed by atoms with Gasteiger partial charge in [0.15, 0.2) is 17.3 Å². The van der Waals surface area contributed by atoms with Gasteiger partial charge in [0.1, 0.15) is 23.7 Å². The number of likely N-dealkylation sites (tertiary alicyclic amines) is 1. The summed E-state index contributed by atoms with van der Waals surface area (Å²) in [4.78, 5) is 37.6. The number of ether oxygens (including phenoxy) is 3. The Kier molecular flexibility index (Phi) is 7.86. The molecule has 3 aromatic heterocycles. The van der Waals surface area contributed by atoms with Gasteiger partial charge < -0.3 is 40.5 Å². The Balaban J connectivity index is 1.37. The van der Waals surface area contributed by atoms with Crippen LogP contribution in [-0.2, 0) is 16.1 Å². The number of methoxy groups -OCH3 is 3. The molecule has 2 aliphatic heterocycles. The van der Waals surface area contributed by atoms with Gasteiger partial charge in [-0.25, -0.2) is 9.50 Å². The monoisotopic (exact) mass is 604 g/mol. The van der Waals surface area contributed by atoms with Gasteiger partial charge in [0.2, 0.25) is 23.5 Å². The predicted octanol–water partition coefficient (Wildman–Crippen LogP) is 1.59. The minimum absolute atomic E-state index is 0.323. The molecular weight excluding hydrogens is 568 g/mol. The molecule has 5 heterocycles. The van der Waals surface area contributed by atoms with Crippen LogP contribution in [0.3, 0.4) is 0 Å². The summed E-state index contributed by atoms with van der Waals surface area (Å²) >= 11 is 0. The van der Waals surface area contributed by atoms with Crippen LogP contribution < -0.4 is 35.9 Å². The van der Waals surface area contributed by atoms with Crippen LogP contribution in [0.15, 0.2) is 36.8 Å². The lowest BCUT2D eigenvalue weighted by Gasteiger charge is -2.24. The number of aromatic nitrogens is 5. The van der Waals surface area contributed by atoms with Gasteiger partial charge in [-0.15, -0.1) is 5.10 Å². The van der Waals surface area contributed by atoms with Crippen LogP contribution in [0.1, 0.15) is 31.4 Å². The van der Waals surface area contributed by atoms with Gasteiger partial charge >= 0.3 is 0 Å². The lowest BCUT2D eigenvalue weighted by atomic mass is 10.2. The Morgan fingerprint density at radius 2 is 1.68 bits per heavy atom. The summed E-state index contributed by atoms with van der Waals surface area (Å²) in [5.41, 5.74) is 13.7. The number of fused-ring (bicyclic) bond motifs is 1. The fourth-order valence-corrected chi connectivity index (χ4v) is 6.08. The quantitative estimate of drug-likeness (QED) is 0.226. The highest BCUT2D eigenvalue weighted by molar-refractivity contribution is 5.84. The van der Waals surface area contributed by atoms with Crippen LogP contribution in [0.25, 0.3) is 11.2 Å². The van der Waals surface area contributed by atoms with E-state index in [1.807, 2.05) is 39.9 Å². The van der Waals surface area contributed by atoms with Crippen molar-refractivity contribution in [3.63, 3.8) is 0 Å². The molecule has 0 radical (unpaired) electrons. The molecule has 2 amide bonds. The number of nitrogens with zero attached hydrogens (tertiary/aromatic N) is 7. The van der Waals surface area contributed by atoms with Crippen molar-refractivity contribution in [3.05, 3.63) is 42.5 Å². The van der Waals surface area contributed by atoms with Gasteiger partial charge in [-0.05, 0) is 44.4 Å². The third-order valence-corrected chi connectivity index (χ3v) is 8.25. The molecule has 2 saturated heterocycles. The summed E-state index contributed by atoms with van der Waals surface area (Å²) in [5, 5.41) is 8.18. The molecule has 1 aromatic carbocycles. The number of amides is 2. The van der Waals surface area contributed by atoms with Crippen molar-refractivity contribution in [3.8, 4) is 22.9 Å². The number of nitrogens with two attached hydrogens (primary N) is 2. The number of carbonyl (C=O) groups is 2. The van der Waals surface area contributed by atoms with Crippen molar-refractivity contribution in [2.45, 2.75) is 44.3 Å². The van der Waals surface area contributed by atoms with Gasteiger partial charge in [-0.3, -0.25) is 14.5 Å². The molecule has 0 saturated carbocycles. The fraction of sp³-hybridized carbons (Fsp3) is 0.414. The second-order valence-electron chi connectivity index (χ2n) is 10.8. The molecule has 2 fully saturated rings. The minimum Gasteiger partial charge on any atom is -0.493 e. The molecule has 0 spiro atoms. The molecule has 15 heteroatoms. The molecule has 0 unspecified atom stereocenters. The SMILES string of the molecule is COc1cc(-n2cnc(Nc3nc(N4CCC[C@H]4C(N)=O)nn4c(CN5CCC[C@H]5C(N)=O)ccc34)c2)cc(OC)c1OC. The van der Waals surface area contributed by atoms with E-state index in [1.54, 1.807) is 32.2 Å². The van der Waals surface area contributed by atoms with Crippen LogP contribution in [0.5, 0.6) is 17.2 Å². The highest BCUT2D eigenvalue weighted by Gasteiger charge is 2.33.